The van der Waals surface area contributed by atoms with E-state index in [1.54, 1.807) is 51.1 Å². The molecular formula is C22H23NO7. The first-order valence-electron chi connectivity index (χ1n) is 9.33. The van der Waals surface area contributed by atoms with Gasteiger partial charge in [0.05, 0.1) is 12.5 Å². The number of fused-ring (bicyclic) bond motifs is 3. The van der Waals surface area contributed by atoms with Crippen LogP contribution in [0.3, 0.4) is 0 Å². The third-order valence-corrected chi connectivity index (χ3v) is 4.20. The van der Waals surface area contributed by atoms with E-state index in [0.29, 0.717) is 21.9 Å². The highest BCUT2D eigenvalue weighted by atomic mass is 16.6. The quantitative estimate of drug-likeness (QED) is 0.300. The number of nitrogens with one attached hydrogen (secondary N) is 1. The molecular weight excluding hydrogens is 390 g/mol. The van der Waals surface area contributed by atoms with Crippen LogP contribution < -0.4 is 20.4 Å². The molecule has 0 aliphatic rings. The molecule has 1 heterocycles. The smallest absolute Gasteiger partial charge is 0.408 e. The van der Waals surface area contributed by atoms with Gasteiger partial charge in [0.25, 0.3) is 0 Å². The third kappa shape index (κ3) is 4.71. The van der Waals surface area contributed by atoms with Crippen molar-refractivity contribution in [3.05, 3.63) is 46.8 Å². The van der Waals surface area contributed by atoms with E-state index < -0.39 is 29.3 Å². The van der Waals surface area contributed by atoms with Crippen LogP contribution in [0.4, 0.5) is 4.79 Å². The summed E-state index contributed by atoms with van der Waals surface area (Å²) in [6.45, 7) is 6.64. The van der Waals surface area contributed by atoms with Gasteiger partial charge in [0.2, 0.25) is 0 Å². The van der Waals surface area contributed by atoms with Crippen LogP contribution in [0.25, 0.3) is 21.7 Å². The van der Waals surface area contributed by atoms with E-state index >= 15 is 0 Å². The summed E-state index contributed by atoms with van der Waals surface area (Å²) in [5, 5.41) is 4.19. The molecule has 1 amide bonds. The zero-order valence-electron chi connectivity index (χ0n) is 17.4. The number of methoxy groups -OCH3 is 1. The van der Waals surface area contributed by atoms with Crippen molar-refractivity contribution in [3.8, 4) is 11.5 Å². The maximum atomic E-state index is 12.3. The fourth-order valence-electron chi connectivity index (χ4n) is 2.83. The predicted octanol–water partition coefficient (Wildman–Crippen LogP) is 3.77. The van der Waals surface area contributed by atoms with Gasteiger partial charge in [-0.15, -0.1) is 0 Å². The minimum atomic E-state index is -0.938. The summed E-state index contributed by atoms with van der Waals surface area (Å²) in [4.78, 5) is 36.5. The molecule has 0 aliphatic heterocycles. The fourth-order valence-corrected chi connectivity index (χ4v) is 2.83. The second kappa shape index (κ2) is 8.06. The SMILES string of the molecule is COc1ccc2c(c1)c(=O)oc1cc(OC(=O)[C@@H](C)NC(=O)OC(C)(C)C)ccc12. The summed E-state index contributed by atoms with van der Waals surface area (Å²) < 4.78 is 21.0. The van der Waals surface area contributed by atoms with Crippen molar-refractivity contribution in [1.29, 1.82) is 0 Å². The zero-order chi connectivity index (χ0) is 22.1. The molecule has 0 radical (unpaired) electrons. The molecule has 0 bridgehead atoms. The first-order chi connectivity index (χ1) is 14.1. The number of benzene rings is 2. The Morgan fingerprint density at radius 2 is 1.67 bits per heavy atom. The molecule has 0 fully saturated rings. The summed E-state index contributed by atoms with van der Waals surface area (Å²) >= 11 is 0. The second-order valence-electron chi connectivity index (χ2n) is 7.75. The molecule has 0 saturated heterocycles. The first-order valence-corrected chi connectivity index (χ1v) is 9.33. The monoisotopic (exact) mass is 413 g/mol. The Kier molecular flexibility index (Phi) is 5.69. The maximum Gasteiger partial charge on any atom is 0.408 e. The minimum absolute atomic E-state index is 0.182. The van der Waals surface area contributed by atoms with Crippen molar-refractivity contribution in [3.63, 3.8) is 0 Å². The van der Waals surface area contributed by atoms with E-state index in [9.17, 15) is 14.4 Å². The highest BCUT2D eigenvalue weighted by molar-refractivity contribution is 6.05. The summed E-state index contributed by atoms with van der Waals surface area (Å²) in [6.07, 6.45) is -0.724. The Balaban J connectivity index is 1.82. The predicted molar refractivity (Wildman–Crippen MR) is 111 cm³/mol. The van der Waals surface area contributed by atoms with Crippen LogP contribution in [0, 0.1) is 0 Å². The van der Waals surface area contributed by atoms with E-state index in [1.807, 2.05) is 0 Å². The Morgan fingerprint density at radius 1 is 1.00 bits per heavy atom. The standard InChI is InChI=1S/C22H23NO7/c1-12(23-21(26)30-22(2,3)4)19(24)28-14-7-9-16-15-8-6-13(27-5)10-17(15)20(25)29-18(16)11-14/h6-12H,1-5H3,(H,23,26)/t12-/m1/s1. The molecule has 8 heteroatoms. The molecule has 1 N–H and O–H groups in total. The second-order valence-corrected chi connectivity index (χ2v) is 7.75. The summed E-state index contributed by atoms with van der Waals surface area (Å²) in [5.74, 6) is 0.0422. The van der Waals surface area contributed by atoms with Crippen molar-refractivity contribution < 1.29 is 28.2 Å². The van der Waals surface area contributed by atoms with Crippen molar-refractivity contribution in [2.24, 2.45) is 0 Å². The maximum absolute atomic E-state index is 12.3. The molecule has 8 nitrogen and oxygen atoms in total. The van der Waals surface area contributed by atoms with Crippen molar-refractivity contribution in [2.45, 2.75) is 39.3 Å². The average Bonchev–Trinajstić information content (AvgIpc) is 2.66. The lowest BCUT2D eigenvalue weighted by Gasteiger charge is -2.21. The molecule has 0 aliphatic carbocycles. The number of ether oxygens (including phenoxy) is 3. The number of carbonyl (C=O) groups excluding carboxylic acids is 2. The van der Waals surface area contributed by atoms with Gasteiger partial charge >= 0.3 is 17.7 Å². The number of amides is 1. The van der Waals surface area contributed by atoms with Gasteiger partial charge in [0.1, 0.15) is 28.7 Å². The molecule has 30 heavy (non-hydrogen) atoms. The minimum Gasteiger partial charge on any atom is -0.497 e. The van der Waals surface area contributed by atoms with Crippen LogP contribution in [0.15, 0.2) is 45.6 Å². The molecule has 1 atom stereocenters. The molecule has 3 rings (SSSR count). The van der Waals surface area contributed by atoms with Gasteiger partial charge < -0.3 is 23.9 Å². The lowest BCUT2D eigenvalue weighted by Crippen LogP contribution is -2.43. The van der Waals surface area contributed by atoms with E-state index in [1.165, 1.54) is 20.1 Å². The van der Waals surface area contributed by atoms with Gasteiger partial charge in [0.15, 0.2) is 0 Å². The van der Waals surface area contributed by atoms with Gasteiger partial charge in [-0.2, -0.15) is 0 Å². The summed E-state index contributed by atoms with van der Waals surface area (Å²) in [6, 6.07) is 8.93. The number of alkyl carbamates (subject to hydrolysis) is 1. The Hall–Kier alpha value is -3.55. The lowest BCUT2D eigenvalue weighted by molar-refractivity contribution is -0.136. The zero-order valence-corrected chi connectivity index (χ0v) is 17.4. The summed E-state index contributed by atoms with van der Waals surface area (Å²) in [7, 11) is 1.52. The number of carbonyl (C=O) groups is 2. The number of hydrogen-bond acceptors (Lipinski definition) is 7. The highest BCUT2D eigenvalue weighted by Gasteiger charge is 2.22. The fraction of sp³-hybridized carbons (Fsp3) is 0.318. The number of rotatable bonds is 4. The van der Waals surface area contributed by atoms with E-state index in [0.717, 1.165) is 0 Å². The Labute approximate surface area is 172 Å². The van der Waals surface area contributed by atoms with Crippen LogP contribution in [0.1, 0.15) is 27.7 Å². The molecule has 0 unspecified atom stereocenters. The molecule has 158 valence electrons. The van der Waals surface area contributed by atoms with Gasteiger partial charge in [-0.3, -0.25) is 0 Å². The van der Waals surface area contributed by atoms with E-state index in [-0.39, 0.29) is 11.3 Å². The average molecular weight is 413 g/mol. The van der Waals surface area contributed by atoms with Crippen molar-refractivity contribution in [2.75, 3.05) is 7.11 Å². The molecule has 3 aromatic rings. The van der Waals surface area contributed by atoms with Crippen LogP contribution in [0.2, 0.25) is 0 Å². The van der Waals surface area contributed by atoms with Gasteiger partial charge in [0, 0.05) is 16.8 Å². The van der Waals surface area contributed by atoms with E-state index in [4.69, 9.17) is 18.6 Å². The van der Waals surface area contributed by atoms with Crippen LogP contribution in [0.5, 0.6) is 11.5 Å². The number of hydrogen-bond donors (Lipinski definition) is 1. The van der Waals surface area contributed by atoms with Gasteiger partial charge in [-0.25, -0.2) is 14.4 Å². The normalized spacial score (nSPS) is 12.4. The largest absolute Gasteiger partial charge is 0.497 e. The van der Waals surface area contributed by atoms with Crippen LogP contribution >= 0.6 is 0 Å². The summed E-state index contributed by atoms with van der Waals surface area (Å²) in [5.41, 5.74) is -0.938. The highest BCUT2D eigenvalue weighted by Crippen LogP contribution is 2.28. The van der Waals surface area contributed by atoms with Crippen LogP contribution in [-0.2, 0) is 9.53 Å². The van der Waals surface area contributed by atoms with Crippen molar-refractivity contribution >= 4 is 33.8 Å². The van der Waals surface area contributed by atoms with Gasteiger partial charge in [-0.1, -0.05) is 0 Å². The van der Waals surface area contributed by atoms with Crippen molar-refractivity contribution in [1.82, 2.24) is 5.32 Å². The topological polar surface area (TPSA) is 104 Å². The first kappa shape index (κ1) is 21.2. The van der Waals surface area contributed by atoms with Crippen LogP contribution in [-0.4, -0.2) is 30.8 Å². The lowest BCUT2D eigenvalue weighted by atomic mass is 10.1. The molecule has 0 saturated carbocycles. The van der Waals surface area contributed by atoms with Gasteiger partial charge in [-0.05, 0) is 58.0 Å². The third-order valence-electron chi connectivity index (χ3n) is 4.20. The Bertz CT molecular complexity index is 1170. The number of esters is 1. The molecule has 2 aromatic carbocycles. The van der Waals surface area contributed by atoms with E-state index in [2.05, 4.69) is 5.32 Å². The molecule has 1 aromatic heterocycles. The Morgan fingerprint density at radius 3 is 2.33 bits per heavy atom. The molecule has 0 spiro atoms.